The summed E-state index contributed by atoms with van der Waals surface area (Å²) in [6, 6.07) is 7.38. The molecule has 0 radical (unpaired) electrons. The molecule has 130 valence electrons. The summed E-state index contributed by atoms with van der Waals surface area (Å²) < 4.78 is 26.6. The van der Waals surface area contributed by atoms with Crippen molar-refractivity contribution in [2.24, 2.45) is 0 Å². The second-order valence-corrected chi connectivity index (χ2v) is 8.67. The van der Waals surface area contributed by atoms with Gasteiger partial charge >= 0.3 is 0 Å². The van der Waals surface area contributed by atoms with Gasteiger partial charge in [-0.05, 0) is 37.3 Å². The molecule has 0 saturated heterocycles. The number of para-hydroxylation sites is 1. The molecular weight excluding hydrogens is 324 g/mol. The Morgan fingerprint density at radius 1 is 1.42 bits per heavy atom. The van der Waals surface area contributed by atoms with Gasteiger partial charge in [-0.15, -0.1) is 6.58 Å². The third-order valence-corrected chi connectivity index (χ3v) is 6.50. The molecule has 1 saturated carbocycles. The normalized spacial score (nSPS) is 28.8. The van der Waals surface area contributed by atoms with E-state index in [0.717, 1.165) is 30.5 Å². The fourth-order valence-electron chi connectivity index (χ4n) is 4.67. The molecule has 1 N–H and O–H groups in total. The molecule has 1 aromatic rings. The van der Waals surface area contributed by atoms with E-state index in [2.05, 4.69) is 11.9 Å². The Labute approximate surface area is 143 Å². The smallest absolute Gasteiger partial charge is 0.232 e. The van der Waals surface area contributed by atoms with E-state index in [1.54, 1.807) is 4.31 Å². The fraction of sp³-hybridized carbons (Fsp3) is 0.500. The second kappa shape index (κ2) is 5.92. The van der Waals surface area contributed by atoms with Crippen LogP contribution >= 0.6 is 0 Å². The Balaban J connectivity index is 2.25. The van der Waals surface area contributed by atoms with Crippen molar-refractivity contribution in [3.05, 3.63) is 42.5 Å². The number of hydrogen-bond donors (Lipinski definition) is 1. The quantitative estimate of drug-likeness (QED) is 0.849. The molecule has 2 aliphatic rings. The summed E-state index contributed by atoms with van der Waals surface area (Å²) in [6.45, 7) is 5.42. The maximum absolute atomic E-state index is 12.5. The topological polar surface area (TPSA) is 66.5 Å². The average Bonchev–Trinajstić information content (AvgIpc) is 2.79. The van der Waals surface area contributed by atoms with Gasteiger partial charge in [-0.3, -0.25) is 9.10 Å². The molecular formula is C18H24N2O3S. The molecule has 1 fully saturated rings. The van der Waals surface area contributed by atoms with Crippen LogP contribution < -0.4 is 9.62 Å². The first-order chi connectivity index (χ1) is 11.3. The fourth-order valence-corrected chi connectivity index (χ4v) is 5.94. The number of amides is 1. The number of nitrogens with zero attached hydrogens (tertiary/aromatic N) is 1. The molecule has 3 atom stereocenters. The molecule has 1 heterocycles. The van der Waals surface area contributed by atoms with Gasteiger partial charge in [-0.25, -0.2) is 8.42 Å². The molecule has 0 aromatic heterocycles. The zero-order valence-electron chi connectivity index (χ0n) is 14.2. The highest BCUT2D eigenvalue weighted by molar-refractivity contribution is 7.92. The first-order valence-electron chi connectivity index (χ1n) is 8.29. The predicted octanol–water partition coefficient (Wildman–Crippen LogP) is 2.34. The number of carbonyl (C=O) groups is 1. The van der Waals surface area contributed by atoms with Crippen molar-refractivity contribution >= 4 is 21.6 Å². The minimum atomic E-state index is -3.41. The SMILES string of the molecule is C=CC[C@]12c3ccccc3N(S(C)(=O)=O)[C@H]1CCC[C@@H]2NC(C)=O. The number of sulfonamides is 1. The second-order valence-electron chi connectivity index (χ2n) is 6.81. The van der Waals surface area contributed by atoms with Crippen LogP contribution in [-0.4, -0.2) is 32.7 Å². The number of benzene rings is 1. The molecule has 1 aliphatic heterocycles. The lowest BCUT2D eigenvalue weighted by atomic mass is 9.63. The third kappa shape index (κ3) is 2.44. The van der Waals surface area contributed by atoms with E-state index in [1.165, 1.54) is 13.2 Å². The summed E-state index contributed by atoms with van der Waals surface area (Å²) >= 11 is 0. The zero-order valence-corrected chi connectivity index (χ0v) is 15.0. The lowest BCUT2D eigenvalue weighted by molar-refractivity contribution is -0.120. The summed E-state index contributed by atoms with van der Waals surface area (Å²) in [5, 5.41) is 3.08. The Bertz CT molecular complexity index is 774. The molecule has 1 amide bonds. The zero-order chi connectivity index (χ0) is 17.5. The lowest BCUT2D eigenvalue weighted by Gasteiger charge is -2.47. The van der Waals surface area contributed by atoms with Crippen LogP contribution in [0, 0.1) is 0 Å². The van der Waals surface area contributed by atoms with E-state index in [-0.39, 0.29) is 18.0 Å². The highest BCUT2D eigenvalue weighted by atomic mass is 32.2. The van der Waals surface area contributed by atoms with Crippen LogP contribution in [0.5, 0.6) is 0 Å². The summed E-state index contributed by atoms with van der Waals surface area (Å²) in [4.78, 5) is 11.8. The molecule has 5 nitrogen and oxygen atoms in total. The largest absolute Gasteiger partial charge is 0.353 e. The van der Waals surface area contributed by atoms with E-state index in [9.17, 15) is 13.2 Å². The Morgan fingerprint density at radius 2 is 2.12 bits per heavy atom. The standard InChI is InChI=1S/C18H24N2O3S/c1-4-12-18-14-8-5-6-9-15(14)20(24(3,22)23)17(18)11-7-10-16(18)19-13(2)21/h4-6,8-9,16-17H,1,7,10-12H2,2-3H3,(H,19,21)/t16-,17-,18+/m0/s1. The van der Waals surface area contributed by atoms with E-state index >= 15 is 0 Å². The van der Waals surface area contributed by atoms with E-state index in [1.807, 2.05) is 30.3 Å². The van der Waals surface area contributed by atoms with Gasteiger partial charge in [0.1, 0.15) is 0 Å². The van der Waals surface area contributed by atoms with Gasteiger partial charge in [0.25, 0.3) is 0 Å². The minimum Gasteiger partial charge on any atom is -0.353 e. The van der Waals surface area contributed by atoms with Gasteiger partial charge in [0, 0.05) is 18.4 Å². The Hall–Kier alpha value is -1.82. The molecule has 0 unspecified atom stereocenters. The number of nitrogens with one attached hydrogen (secondary N) is 1. The van der Waals surface area contributed by atoms with E-state index < -0.39 is 15.4 Å². The maximum atomic E-state index is 12.5. The van der Waals surface area contributed by atoms with Crippen LogP contribution in [0.2, 0.25) is 0 Å². The van der Waals surface area contributed by atoms with Crippen molar-refractivity contribution in [2.75, 3.05) is 10.6 Å². The highest BCUT2D eigenvalue weighted by Crippen LogP contribution is 2.55. The van der Waals surface area contributed by atoms with Crippen molar-refractivity contribution in [2.45, 2.75) is 50.1 Å². The Morgan fingerprint density at radius 3 is 2.75 bits per heavy atom. The number of rotatable bonds is 4. The van der Waals surface area contributed by atoms with Crippen LogP contribution in [0.3, 0.4) is 0 Å². The number of anilines is 1. The first kappa shape index (κ1) is 17.0. The van der Waals surface area contributed by atoms with Crippen LogP contribution in [0.1, 0.15) is 38.2 Å². The van der Waals surface area contributed by atoms with Crippen molar-refractivity contribution < 1.29 is 13.2 Å². The molecule has 1 aliphatic carbocycles. The number of carbonyl (C=O) groups excluding carboxylic acids is 1. The first-order valence-corrected chi connectivity index (χ1v) is 10.1. The van der Waals surface area contributed by atoms with Gasteiger partial charge in [-0.1, -0.05) is 24.3 Å². The summed E-state index contributed by atoms with van der Waals surface area (Å²) in [5.41, 5.74) is 1.29. The van der Waals surface area contributed by atoms with Crippen LogP contribution in [-0.2, 0) is 20.2 Å². The average molecular weight is 348 g/mol. The molecule has 24 heavy (non-hydrogen) atoms. The molecule has 1 aromatic carbocycles. The highest BCUT2D eigenvalue weighted by Gasteiger charge is 2.58. The van der Waals surface area contributed by atoms with Crippen molar-refractivity contribution in [3.63, 3.8) is 0 Å². The van der Waals surface area contributed by atoms with Gasteiger partial charge < -0.3 is 5.32 Å². The van der Waals surface area contributed by atoms with Gasteiger partial charge in [-0.2, -0.15) is 0 Å². The van der Waals surface area contributed by atoms with Gasteiger partial charge in [0.05, 0.1) is 18.0 Å². The van der Waals surface area contributed by atoms with Crippen LogP contribution in [0.25, 0.3) is 0 Å². The monoisotopic (exact) mass is 348 g/mol. The van der Waals surface area contributed by atoms with Crippen molar-refractivity contribution in [1.82, 2.24) is 5.32 Å². The van der Waals surface area contributed by atoms with Gasteiger partial charge in [0.2, 0.25) is 15.9 Å². The van der Waals surface area contributed by atoms with E-state index in [4.69, 9.17) is 0 Å². The predicted molar refractivity (Wildman–Crippen MR) is 95.5 cm³/mol. The molecule has 0 spiro atoms. The third-order valence-electron chi connectivity index (χ3n) is 5.33. The summed E-state index contributed by atoms with van der Waals surface area (Å²) in [5.74, 6) is -0.0839. The molecule has 0 bridgehead atoms. The minimum absolute atomic E-state index is 0.0839. The van der Waals surface area contributed by atoms with E-state index in [0.29, 0.717) is 6.42 Å². The van der Waals surface area contributed by atoms with Crippen LogP contribution in [0.4, 0.5) is 5.69 Å². The number of fused-ring (bicyclic) bond motifs is 3. The molecule has 6 heteroatoms. The number of hydrogen-bond acceptors (Lipinski definition) is 3. The lowest BCUT2D eigenvalue weighted by Crippen LogP contribution is -2.60. The summed E-state index contributed by atoms with van der Waals surface area (Å²) in [6.07, 6.45) is 6.24. The Kier molecular flexibility index (Phi) is 4.20. The van der Waals surface area contributed by atoms with Gasteiger partial charge in [0.15, 0.2) is 0 Å². The van der Waals surface area contributed by atoms with Crippen LogP contribution in [0.15, 0.2) is 36.9 Å². The molecule has 3 rings (SSSR count). The maximum Gasteiger partial charge on any atom is 0.232 e. The van der Waals surface area contributed by atoms with Crippen molar-refractivity contribution in [1.29, 1.82) is 0 Å². The van der Waals surface area contributed by atoms with Crippen molar-refractivity contribution in [3.8, 4) is 0 Å². The number of allylic oxidation sites excluding steroid dienone is 1. The summed E-state index contributed by atoms with van der Waals surface area (Å²) in [7, 11) is -3.41.